The van der Waals surface area contributed by atoms with Crippen molar-refractivity contribution in [3.8, 4) is 0 Å². The fraction of sp³-hybridized carbons (Fsp3) is 0.435. The average Bonchev–Trinajstić information content (AvgIpc) is 3.46. The van der Waals surface area contributed by atoms with Crippen LogP contribution in [0.2, 0.25) is 0 Å². The Hall–Kier alpha value is -3.00. The molecule has 1 aromatic carbocycles. The number of benzene rings is 1. The van der Waals surface area contributed by atoms with Crippen molar-refractivity contribution in [3.05, 3.63) is 46.2 Å². The molecule has 0 radical (unpaired) electrons. The number of hydrazine groups is 1. The number of esters is 1. The monoisotopic (exact) mass is 536 g/mol. The topological polar surface area (TPSA) is 134 Å². The molecule has 2 fully saturated rings. The molecule has 2 amide bonds. The van der Waals surface area contributed by atoms with E-state index >= 15 is 0 Å². The zero-order valence-electron chi connectivity index (χ0n) is 19.6. The molecule has 0 saturated carbocycles. The predicted molar refractivity (Wildman–Crippen MR) is 132 cm³/mol. The minimum atomic E-state index is -3.78. The van der Waals surface area contributed by atoms with Gasteiger partial charge in [0.2, 0.25) is 10.0 Å². The third-order valence-corrected chi connectivity index (χ3v) is 8.65. The Labute approximate surface area is 213 Å². The maximum absolute atomic E-state index is 13.2. The Bertz CT molecular complexity index is 1190. The average molecular weight is 537 g/mol. The first-order valence-corrected chi connectivity index (χ1v) is 13.9. The number of thiophene rings is 1. The van der Waals surface area contributed by atoms with Gasteiger partial charge in [-0.15, -0.1) is 11.3 Å². The van der Waals surface area contributed by atoms with E-state index in [0.29, 0.717) is 50.0 Å². The summed E-state index contributed by atoms with van der Waals surface area (Å²) in [6.45, 7) is 2.19. The molecule has 2 saturated heterocycles. The fourth-order valence-corrected chi connectivity index (χ4v) is 6.18. The highest BCUT2D eigenvalue weighted by Crippen LogP contribution is 2.28. The zero-order chi connectivity index (χ0) is 25.5. The molecule has 2 aromatic rings. The van der Waals surface area contributed by atoms with Gasteiger partial charge in [0.15, 0.2) is 6.61 Å². The summed E-state index contributed by atoms with van der Waals surface area (Å²) < 4.78 is 38.4. The molecule has 4 rings (SSSR count). The van der Waals surface area contributed by atoms with E-state index in [2.05, 4.69) is 10.9 Å². The second-order valence-electron chi connectivity index (χ2n) is 8.30. The van der Waals surface area contributed by atoms with E-state index in [1.807, 2.05) is 4.90 Å². The van der Waals surface area contributed by atoms with Crippen LogP contribution in [0, 0.1) is 0 Å². The van der Waals surface area contributed by atoms with Gasteiger partial charge in [0.1, 0.15) is 0 Å². The molecule has 11 nitrogen and oxygen atoms in total. The number of hydrogen-bond acceptors (Lipinski definition) is 9. The van der Waals surface area contributed by atoms with Gasteiger partial charge in [0.25, 0.3) is 11.8 Å². The van der Waals surface area contributed by atoms with Crippen molar-refractivity contribution in [1.29, 1.82) is 0 Å². The lowest BCUT2D eigenvalue weighted by Crippen LogP contribution is -2.43. The van der Waals surface area contributed by atoms with Crippen LogP contribution in [0.15, 0.2) is 40.6 Å². The lowest BCUT2D eigenvalue weighted by atomic mass is 10.1. The maximum atomic E-state index is 13.2. The predicted octanol–water partition coefficient (Wildman–Crippen LogP) is 1.38. The molecule has 0 bridgehead atoms. The number of sulfonamides is 1. The van der Waals surface area contributed by atoms with Gasteiger partial charge in [-0.3, -0.25) is 20.4 Å². The standard InChI is InChI=1S/C23H28N4O7S2/c28-21(24-25-22(29)20-5-4-14-35-20)16-34-23(30)18-15-17(36(31,32)27-8-2-1-3-9-27)6-7-19(18)26-10-12-33-13-11-26/h4-7,14-15H,1-3,8-13,16H2,(H,24,28)(H,25,29). The molecule has 36 heavy (non-hydrogen) atoms. The SMILES string of the molecule is O=C(COC(=O)c1cc(S(=O)(=O)N2CCCCC2)ccc1N1CCOCC1)NNC(=O)c1cccs1. The summed E-state index contributed by atoms with van der Waals surface area (Å²) in [5.41, 5.74) is 5.00. The van der Waals surface area contributed by atoms with E-state index in [-0.39, 0.29) is 10.5 Å². The van der Waals surface area contributed by atoms with E-state index < -0.39 is 34.4 Å². The third kappa shape index (κ3) is 6.22. The van der Waals surface area contributed by atoms with Crippen LogP contribution >= 0.6 is 11.3 Å². The Morgan fingerprint density at radius 1 is 1.00 bits per heavy atom. The van der Waals surface area contributed by atoms with Gasteiger partial charge in [-0.2, -0.15) is 4.31 Å². The van der Waals surface area contributed by atoms with E-state index in [4.69, 9.17) is 9.47 Å². The van der Waals surface area contributed by atoms with Crippen molar-refractivity contribution in [3.63, 3.8) is 0 Å². The number of ether oxygens (including phenoxy) is 2. The highest BCUT2D eigenvalue weighted by Gasteiger charge is 2.29. The van der Waals surface area contributed by atoms with Crippen LogP contribution in [0.4, 0.5) is 5.69 Å². The first kappa shape index (κ1) is 26.1. The summed E-state index contributed by atoms with van der Waals surface area (Å²) in [5, 5.41) is 1.73. The van der Waals surface area contributed by atoms with Crippen molar-refractivity contribution in [1.82, 2.24) is 15.2 Å². The number of rotatable bonds is 7. The van der Waals surface area contributed by atoms with Crippen LogP contribution in [-0.2, 0) is 24.3 Å². The number of anilines is 1. The Morgan fingerprint density at radius 3 is 2.44 bits per heavy atom. The molecule has 1 aromatic heterocycles. The normalized spacial score (nSPS) is 16.8. The van der Waals surface area contributed by atoms with E-state index in [1.165, 1.54) is 27.8 Å². The number of morpholine rings is 1. The molecular weight excluding hydrogens is 508 g/mol. The first-order valence-electron chi connectivity index (χ1n) is 11.6. The second-order valence-corrected chi connectivity index (χ2v) is 11.2. The molecule has 2 aliphatic rings. The number of amides is 2. The Balaban J connectivity index is 1.48. The van der Waals surface area contributed by atoms with E-state index in [9.17, 15) is 22.8 Å². The summed E-state index contributed by atoms with van der Waals surface area (Å²) in [6, 6.07) is 7.71. The molecule has 2 N–H and O–H groups in total. The maximum Gasteiger partial charge on any atom is 0.340 e. The fourth-order valence-electron chi connectivity index (χ4n) is 4.01. The van der Waals surface area contributed by atoms with Gasteiger partial charge in [0, 0.05) is 26.2 Å². The molecule has 0 spiro atoms. The number of carbonyl (C=O) groups excluding carboxylic acids is 3. The third-order valence-electron chi connectivity index (χ3n) is 5.89. The highest BCUT2D eigenvalue weighted by atomic mass is 32.2. The molecule has 13 heteroatoms. The van der Waals surface area contributed by atoms with Gasteiger partial charge in [-0.05, 0) is 42.5 Å². The molecular formula is C23H28N4O7S2. The van der Waals surface area contributed by atoms with Gasteiger partial charge >= 0.3 is 5.97 Å². The molecule has 3 heterocycles. The minimum absolute atomic E-state index is 0.000946. The first-order chi connectivity index (χ1) is 17.4. The summed E-state index contributed by atoms with van der Waals surface area (Å²) in [6.07, 6.45) is 2.56. The van der Waals surface area contributed by atoms with Gasteiger partial charge in [-0.1, -0.05) is 12.5 Å². The van der Waals surface area contributed by atoms with E-state index in [1.54, 1.807) is 23.6 Å². The number of piperidine rings is 1. The van der Waals surface area contributed by atoms with Crippen LogP contribution in [0.5, 0.6) is 0 Å². The van der Waals surface area contributed by atoms with Crippen LogP contribution in [0.3, 0.4) is 0 Å². The summed E-state index contributed by atoms with van der Waals surface area (Å²) in [7, 11) is -3.78. The van der Waals surface area contributed by atoms with Crippen molar-refractivity contribution < 1.29 is 32.3 Å². The van der Waals surface area contributed by atoms with Crippen LogP contribution in [0.1, 0.15) is 39.3 Å². The Morgan fingerprint density at radius 2 is 1.75 bits per heavy atom. The lowest BCUT2D eigenvalue weighted by Gasteiger charge is -2.31. The van der Waals surface area contributed by atoms with Gasteiger partial charge in [-0.25, -0.2) is 13.2 Å². The van der Waals surface area contributed by atoms with E-state index in [0.717, 1.165) is 19.3 Å². The number of nitrogens with one attached hydrogen (secondary N) is 2. The minimum Gasteiger partial charge on any atom is -0.452 e. The summed E-state index contributed by atoms with van der Waals surface area (Å²) >= 11 is 1.21. The lowest BCUT2D eigenvalue weighted by molar-refractivity contribution is -0.125. The van der Waals surface area contributed by atoms with Crippen molar-refractivity contribution in [2.24, 2.45) is 0 Å². The van der Waals surface area contributed by atoms with Crippen LogP contribution in [-0.4, -0.2) is 76.5 Å². The molecule has 0 aliphatic carbocycles. The quantitative estimate of drug-likeness (QED) is 0.400. The smallest absolute Gasteiger partial charge is 0.340 e. The second kappa shape index (κ2) is 11.8. The molecule has 0 unspecified atom stereocenters. The largest absolute Gasteiger partial charge is 0.452 e. The highest BCUT2D eigenvalue weighted by molar-refractivity contribution is 7.89. The number of nitrogens with zero attached hydrogens (tertiary/aromatic N) is 2. The van der Waals surface area contributed by atoms with Crippen LogP contribution < -0.4 is 15.8 Å². The number of hydrogen-bond donors (Lipinski definition) is 2. The van der Waals surface area contributed by atoms with Crippen molar-refractivity contribution in [2.45, 2.75) is 24.2 Å². The molecule has 2 aliphatic heterocycles. The van der Waals surface area contributed by atoms with Crippen molar-refractivity contribution >= 4 is 44.8 Å². The molecule has 194 valence electrons. The zero-order valence-corrected chi connectivity index (χ0v) is 21.2. The van der Waals surface area contributed by atoms with Gasteiger partial charge < -0.3 is 14.4 Å². The van der Waals surface area contributed by atoms with Crippen LogP contribution in [0.25, 0.3) is 0 Å². The van der Waals surface area contributed by atoms with Gasteiger partial charge in [0.05, 0.1) is 34.2 Å². The van der Waals surface area contributed by atoms with Crippen molar-refractivity contribution in [2.75, 3.05) is 50.9 Å². The number of carbonyl (C=O) groups is 3. The summed E-state index contributed by atoms with van der Waals surface area (Å²) in [5.74, 6) is -2.07. The Kier molecular flexibility index (Phi) is 8.56. The molecule has 0 atom stereocenters. The summed E-state index contributed by atoms with van der Waals surface area (Å²) in [4.78, 5) is 39.5.